The van der Waals surface area contributed by atoms with Crippen LogP contribution in [0.3, 0.4) is 0 Å². The molecule has 4 rings (SSSR count). The molecule has 0 spiro atoms. The van der Waals surface area contributed by atoms with Crippen LogP contribution in [-0.2, 0) is 4.79 Å². The number of aryl methyl sites for hydroxylation is 2. The number of amides is 1. The molecule has 0 saturated carbocycles. The standard InChI is InChI=1S/C19H19ClN4O2S/c1-9-5-10(2)17(25)12(6-9)14-8-15(24-23-14)18(26)22-19-21-13-4-3-11(20)7-16(13)27-19/h3-7,14-15,23-25H,8H2,1-2H3,(H,21,22,26). The monoisotopic (exact) mass is 402 g/mol. The highest BCUT2D eigenvalue weighted by molar-refractivity contribution is 7.22. The summed E-state index contributed by atoms with van der Waals surface area (Å²) in [4.78, 5) is 17.0. The van der Waals surface area contributed by atoms with Crippen LogP contribution in [0.5, 0.6) is 5.75 Å². The van der Waals surface area contributed by atoms with Gasteiger partial charge in [0.05, 0.1) is 16.3 Å². The number of phenolic OH excluding ortho intramolecular Hbond substituents is 1. The van der Waals surface area contributed by atoms with Crippen molar-refractivity contribution in [1.82, 2.24) is 15.8 Å². The summed E-state index contributed by atoms with van der Waals surface area (Å²) in [6, 6.07) is 8.75. The second-order valence-electron chi connectivity index (χ2n) is 6.77. The molecule has 1 aromatic heterocycles. The SMILES string of the molecule is Cc1cc(C)c(O)c(C2CC(C(=O)Nc3nc4ccc(Cl)cc4s3)NN2)c1. The van der Waals surface area contributed by atoms with Gasteiger partial charge in [-0.2, -0.15) is 0 Å². The van der Waals surface area contributed by atoms with Gasteiger partial charge in [0.2, 0.25) is 5.91 Å². The van der Waals surface area contributed by atoms with Crippen LogP contribution in [0, 0.1) is 13.8 Å². The largest absolute Gasteiger partial charge is 0.507 e. The molecule has 3 aromatic rings. The van der Waals surface area contributed by atoms with E-state index in [2.05, 4.69) is 21.2 Å². The van der Waals surface area contributed by atoms with Gasteiger partial charge in [0, 0.05) is 10.6 Å². The maximum Gasteiger partial charge on any atom is 0.244 e. The van der Waals surface area contributed by atoms with Crippen molar-refractivity contribution in [1.29, 1.82) is 0 Å². The Morgan fingerprint density at radius 1 is 1.30 bits per heavy atom. The van der Waals surface area contributed by atoms with Crippen molar-refractivity contribution in [2.45, 2.75) is 32.4 Å². The number of nitrogens with zero attached hydrogens (tertiary/aromatic N) is 1. The molecule has 2 aromatic carbocycles. The molecule has 0 aliphatic carbocycles. The summed E-state index contributed by atoms with van der Waals surface area (Å²) >= 11 is 7.39. The molecular formula is C19H19ClN4O2S. The molecule has 2 unspecified atom stereocenters. The first-order valence-corrected chi connectivity index (χ1v) is 9.78. The van der Waals surface area contributed by atoms with E-state index in [1.54, 1.807) is 6.07 Å². The van der Waals surface area contributed by atoms with Crippen molar-refractivity contribution in [3.05, 3.63) is 52.0 Å². The van der Waals surface area contributed by atoms with Gasteiger partial charge in [-0.25, -0.2) is 15.8 Å². The first-order chi connectivity index (χ1) is 12.9. The minimum absolute atomic E-state index is 0.145. The van der Waals surface area contributed by atoms with Gasteiger partial charge in [0.1, 0.15) is 11.8 Å². The summed E-state index contributed by atoms with van der Waals surface area (Å²) in [5, 5.41) is 14.4. The molecule has 1 amide bonds. The molecule has 2 atom stereocenters. The molecule has 1 aliphatic rings. The first-order valence-electron chi connectivity index (χ1n) is 8.59. The number of hydrazine groups is 1. The number of carbonyl (C=O) groups is 1. The van der Waals surface area contributed by atoms with Crippen LogP contribution in [-0.4, -0.2) is 22.0 Å². The summed E-state index contributed by atoms with van der Waals surface area (Å²) in [6.45, 7) is 3.86. The number of nitrogens with one attached hydrogen (secondary N) is 3. The average Bonchev–Trinajstić information content (AvgIpc) is 3.24. The van der Waals surface area contributed by atoms with Gasteiger partial charge in [-0.05, 0) is 44.0 Å². The molecule has 0 radical (unpaired) electrons. The van der Waals surface area contributed by atoms with Crippen LogP contribution >= 0.6 is 22.9 Å². The molecule has 1 fully saturated rings. The Hall–Kier alpha value is -2.19. The van der Waals surface area contributed by atoms with E-state index < -0.39 is 6.04 Å². The van der Waals surface area contributed by atoms with Crippen molar-refractivity contribution in [2.24, 2.45) is 0 Å². The predicted octanol–water partition coefficient (Wildman–Crippen LogP) is 3.82. The highest BCUT2D eigenvalue weighted by Gasteiger charge is 2.32. The average molecular weight is 403 g/mol. The number of hydrogen-bond acceptors (Lipinski definition) is 6. The van der Waals surface area contributed by atoms with Gasteiger partial charge in [-0.3, -0.25) is 4.79 Å². The Morgan fingerprint density at radius 3 is 2.93 bits per heavy atom. The second kappa shape index (κ2) is 7.09. The molecule has 8 heteroatoms. The van der Waals surface area contributed by atoms with Crippen molar-refractivity contribution < 1.29 is 9.90 Å². The number of anilines is 1. The van der Waals surface area contributed by atoms with E-state index >= 15 is 0 Å². The van der Waals surface area contributed by atoms with Gasteiger partial charge < -0.3 is 10.4 Å². The first kappa shape index (κ1) is 18.2. The predicted molar refractivity (Wildman–Crippen MR) is 108 cm³/mol. The van der Waals surface area contributed by atoms with Crippen molar-refractivity contribution in [3.63, 3.8) is 0 Å². The zero-order valence-electron chi connectivity index (χ0n) is 14.8. The molecule has 1 saturated heterocycles. The Kier molecular flexibility index (Phi) is 4.77. The van der Waals surface area contributed by atoms with E-state index in [-0.39, 0.29) is 17.7 Å². The fourth-order valence-corrected chi connectivity index (χ4v) is 4.48. The summed E-state index contributed by atoms with van der Waals surface area (Å²) < 4.78 is 0.924. The lowest BCUT2D eigenvalue weighted by molar-refractivity contribution is -0.117. The summed E-state index contributed by atoms with van der Waals surface area (Å²) in [5.74, 6) is 0.100. The second-order valence-corrected chi connectivity index (χ2v) is 8.24. The fraction of sp³-hybridized carbons (Fsp3) is 0.263. The normalized spacial score (nSPS) is 19.5. The highest BCUT2D eigenvalue weighted by Crippen LogP contribution is 2.33. The minimum Gasteiger partial charge on any atom is -0.507 e. The number of phenols is 1. The zero-order chi connectivity index (χ0) is 19.1. The molecule has 0 bridgehead atoms. The quantitative estimate of drug-likeness (QED) is 0.535. The van der Waals surface area contributed by atoms with E-state index in [0.29, 0.717) is 16.6 Å². The summed E-state index contributed by atoms with van der Waals surface area (Å²) in [7, 11) is 0. The van der Waals surface area contributed by atoms with Gasteiger partial charge in [0.25, 0.3) is 0 Å². The molecular weight excluding hydrogens is 384 g/mol. The van der Waals surface area contributed by atoms with Gasteiger partial charge in [0.15, 0.2) is 5.13 Å². The van der Waals surface area contributed by atoms with Crippen molar-refractivity contribution >= 4 is 44.2 Å². The Balaban J connectivity index is 1.47. The van der Waals surface area contributed by atoms with Crippen LogP contribution < -0.4 is 16.2 Å². The van der Waals surface area contributed by atoms with Crippen LogP contribution in [0.25, 0.3) is 10.2 Å². The van der Waals surface area contributed by atoms with Crippen molar-refractivity contribution in [2.75, 3.05) is 5.32 Å². The molecule has 27 heavy (non-hydrogen) atoms. The lowest BCUT2D eigenvalue weighted by Gasteiger charge is -2.14. The van der Waals surface area contributed by atoms with Crippen LogP contribution in [0.15, 0.2) is 30.3 Å². The molecule has 6 nitrogen and oxygen atoms in total. The zero-order valence-corrected chi connectivity index (χ0v) is 16.4. The van der Waals surface area contributed by atoms with E-state index in [9.17, 15) is 9.90 Å². The summed E-state index contributed by atoms with van der Waals surface area (Å²) in [5.41, 5.74) is 9.63. The third kappa shape index (κ3) is 3.64. The fourth-order valence-electron chi connectivity index (χ4n) is 3.33. The topological polar surface area (TPSA) is 86.3 Å². The Bertz CT molecular complexity index is 1040. The molecule has 2 heterocycles. The van der Waals surface area contributed by atoms with Crippen molar-refractivity contribution in [3.8, 4) is 5.75 Å². The maximum atomic E-state index is 12.6. The van der Waals surface area contributed by atoms with E-state index in [1.165, 1.54) is 11.3 Å². The summed E-state index contributed by atoms with van der Waals surface area (Å²) in [6.07, 6.45) is 0.527. The smallest absolute Gasteiger partial charge is 0.244 e. The number of hydrogen-bond donors (Lipinski definition) is 4. The molecule has 140 valence electrons. The third-order valence-electron chi connectivity index (χ3n) is 4.65. The Morgan fingerprint density at radius 2 is 2.11 bits per heavy atom. The van der Waals surface area contributed by atoms with Gasteiger partial charge in [-0.1, -0.05) is 40.6 Å². The number of rotatable bonds is 3. The number of aromatic nitrogens is 1. The number of thiazole rings is 1. The highest BCUT2D eigenvalue weighted by atomic mass is 35.5. The Labute approximate surface area is 165 Å². The lowest BCUT2D eigenvalue weighted by Crippen LogP contribution is -2.39. The maximum absolute atomic E-state index is 12.6. The lowest BCUT2D eigenvalue weighted by atomic mass is 9.96. The van der Waals surface area contributed by atoms with E-state index in [1.807, 2.05) is 38.1 Å². The number of benzene rings is 2. The number of halogens is 1. The minimum atomic E-state index is -0.425. The van der Waals surface area contributed by atoms with Crippen LogP contribution in [0.4, 0.5) is 5.13 Å². The van der Waals surface area contributed by atoms with E-state index in [0.717, 1.165) is 26.9 Å². The number of fused-ring (bicyclic) bond motifs is 1. The molecule has 1 aliphatic heterocycles. The van der Waals surface area contributed by atoms with Gasteiger partial charge >= 0.3 is 0 Å². The van der Waals surface area contributed by atoms with Gasteiger partial charge in [-0.15, -0.1) is 0 Å². The van der Waals surface area contributed by atoms with Crippen LogP contribution in [0.1, 0.15) is 29.2 Å². The van der Waals surface area contributed by atoms with E-state index in [4.69, 9.17) is 11.6 Å². The number of carbonyl (C=O) groups excluding carboxylic acids is 1. The number of aromatic hydroxyl groups is 1. The van der Waals surface area contributed by atoms with Crippen LogP contribution in [0.2, 0.25) is 5.02 Å². The third-order valence-corrected chi connectivity index (χ3v) is 5.82. The molecule has 4 N–H and O–H groups in total.